The van der Waals surface area contributed by atoms with Crippen LogP contribution in [0.2, 0.25) is 0 Å². The second kappa shape index (κ2) is 18.1. The molecule has 0 spiro atoms. The Balaban J connectivity index is 1.84. The van der Waals surface area contributed by atoms with E-state index in [0.29, 0.717) is 90.4 Å². The first-order valence-electron chi connectivity index (χ1n) is 11.3. The molecule has 0 amide bonds. The van der Waals surface area contributed by atoms with Crippen LogP contribution in [-0.4, -0.2) is 105 Å². The summed E-state index contributed by atoms with van der Waals surface area (Å²) < 4.78 is 77.3. The Hall–Kier alpha value is -1.19. The third-order valence-corrected chi connectivity index (χ3v) is 5.60. The number of rotatable bonds is 1. The minimum absolute atomic E-state index is 0.00693. The van der Waals surface area contributed by atoms with Crippen LogP contribution in [0, 0.1) is 0 Å². The van der Waals surface area contributed by atoms with Crippen molar-refractivity contribution in [2.45, 2.75) is 18.1 Å². The molecule has 0 saturated heterocycles. The van der Waals surface area contributed by atoms with Gasteiger partial charge in [0.05, 0.1) is 106 Å². The van der Waals surface area contributed by atoms with Crippen molar-refractivity contribution in [3.05, 3.63) is 29.3 Å². The first-order chi connectivity index (χ1) is 16.6. The lowest BCUT2D eigenvalue weighted by molar-refractivity contribution is -0.0238. The van der Waals surface area contributed by atoms with Crippen molar-refractivity contribution in [2.24, 2.45) is 0 Å². The molecule has 1 aromatic carbocycles. The summed E-state index contributed by atoms with van der Waals surface area (Å²) in [6, 6.07) is 4.88. The Bertz CT molecular complexity index is 713. The predicted octanol–water partition coefficient (Wildman–Crippen LogP) is 1.08. The molecule has 0 saturated carbocycles. The van der Waals surface area contributed by atoms with Crippen molar-refractivity contribution in [1.82, 2.24) is 0 Å². The third-order valence-electron chi connectivity index (χ3n) is 4.56. The van der Waals surface area contributed by atoms with Gasteiger partial charge in [-0.2, -0.15) is 8.42 Å². The summed E-state index contributed by atoms with van der Waals surface area (Å²) in [4.78, 5) is -0.194. The second-order valence-electron chi connectivity index (χ2n) is 7.16. The fourth-order valence-corrected chi connectivity index (χ4v) is 3.91. The average Bonchev–Trinajstić information content (AvgIpc) is 2.80. The van der Waals surface area contributed by atoms with Gasteiger partial charge in [0.15, 0.2) is 0 Å². The van der Waals surface area contributed by atoms with Gasteiger partial charge in [-0.3, -0.25) is 4.55 Å². The average molecular weight is 509 g/mol. The van der Waals surface area contributed by atoms with Crippen molar-refractivity contribution in [2.75, 3.05) is 92.5 Å². The molecule has 0 aromatic heterocycles. The number of benzene rings is 1. The van der Waals surface area contributed by atoms with Gasteiger partial charge >= 0.3 is 0 Å². The normalized spacial score (nSPS) is 20.9. The molecule has 0 unspecified atom stereocenters. The summed E-state index contributed by atoms with van der Waals surface area (Å²) in [6.45, 7) is 5.68. The van der Waals surface area contributed by atoms with E-state index < -0.39 is 10.1 Å². The van der Waals surface area contributed by atoms with E-state index in [1.54, 1.807) is 18.2 Å². The van der Waals surface area contributed by atoms with E-state index in [1.165, 1.54) is 0 Å². The van der Waals surface area contributed by atoms with Crippen LogP contribution in [0.25, 0.3) is 0 Å². The van der Waals surface area contributed by atoms with Crippen molar-refractivity contribution >= 4 is 10.1 Å². The molecule has 11 nitrogen and oxygen atoms in total. The lowest BCUT2D eigenvalue weighted by atomic mass is 10.1. The van der Waals surface area contributed by atoms with Gasteiger partial charge in [0.25, 0.3) is 10.1 Å². The molecular weight excluding hydrogens is 472 g/mol. The van der Waals surface area contributed by atoms with E-state index in [1.807, 2.05) is 0 Å². The van der Waals surface area contributed by atoms with E-state index in [4.69, 9.17) is 37.9 Å². The molecule has 1 aliphatic heterocycles. The monoisotopic (exact) mass is 508 g/mol. The molecule has 1 aliphatic rings. The van der Waals surface area contributed by atoms with Gasteiger partial charge in [-0.15, -0.1) is 0 Å². The highest BCUT2D eigenvalue weighted by molar-refractivity contribution is 7.86. The van der Waals surface area contributed by atoms with Gasteiger partial charge in [-0.05, 0) is 11.1 Å². The Labute approximate surface area is 201 Å². The summed E-state index contributed by atoms with van der Waals surface area (Å²) in [5.74, 6) is 0. The van der Waals surface area contributed by atoms with E-state index in [2.05, 4.69) is 0 Å². The van der Waals surface area contributed by atoms with Crippen LogP contribution in [0.3, 0.4) is 0 Å². The maximum atomic E-state index is 12.0. The van der Waals surface area contributed by atoms with Crippen molar-refractivity contribution in [3.63, 3.8) is 0 Å². The minimum Gasteiger partial charge on any atom is -0.377 e. The zero-order valence-electron chi connectivity index (χ0n) is 19.5. The summed E-state index contributed by atoms with van der Waals surface area (Å²) in [7, 11) is -4.46. The maximum Gasteiger partial charge on any atom is 0.295 e. The van der Waals surface area contributed by atoms with E-state index in [-0.39, 0.29) is 31.3 Å². The number of hydrogen-bond donors (Lipinski definition) is 1. The Kier molecular flexibility index (Phi) is 15.5. The number of ether oxygens (including phenoxy) is 8. The van der Waals surface area contributed by atoms with Gasteiger partial charge in [-0.25, -0.2) is 0 Å². The van der Waals surface area contributed by atoms with Crippen LogP contribution in [-0.2, 0) is 61.2 Å². The summed E-state index contributed by atoms with van der Waals surface area (Å²) in [6.07, 6.45) is 0. The SMILES string of the molecule is O=S(=O)(O)c1c2cccc1COCCOCCOCCOCCOCCOCCOCCOC2. The first-order valence-corrected chi connectivity index (χ1v) is 12.7. The zero-order valence-corrected chi connectivity index (χ0v) is 20.3. The van der Waals surface area contributed by atoms with Crippen LogP contribution in [0.15, 0.2) is 23.1 Å². The number of hydrogen-bond acceptors (Lipinski definition) is 10. The zero-order chi connectivity index (χ0) is 24.3. The third kappa shape index (κ3) is 13.0. The van der Waals surface area contributed by atoms with E-state index >= 15 is 0 Å². The van der Waals surface area contributed by atoms with Crippen molar-refractivity contribution in [3.8, 4) is 0 Å². The van der Waals surface area contributed by atoms with Gasteiger partial charge in [0.1, 0.15) is 4.90 Å². The molecule has 0 atom stereocenters. The van der Waals surface area contributed by atoms with E-state index in [9.17, 15) is 13.0 Å². The van der Waals surface area contributed by atoms with Crippen molar-refractivity contribution < 1.29 is 50.9 Å². The molecule has 2 rings (SSSR count). The molecule has 34 heavy (non-hydrogen) atoms. The van der Waals surface area contributed by atoms with E-state index in [0.717, 1.165) is 0 Å². The van der Waals surface area contributed by atoms with Gasteiger partial charge in [0, 0.05) is 0 Å². The molecule has 2 bridgehead atoms. The van der Waals surface area contributed by atoms with Gasteiger partial charge in [0.2, 0.25) is 0 Å². The molecule has 0 radical (unpaired) electrons. The predicted molar refractivity (Wildman–Crippen MR) is 120 cm³/mol. The Morgan fingerprint density at radius 3 is 1.03 bits per heavy atom. The van der Waals surface area contributed by atoms with Gasteiger partial charge in [-0.1, -0.05) is 18.2 Å². The summed E-state index contributed by atoms with van der Waals surface area (Å²) in [5, 5.41) is 0. The maximum absolute atomic E-state index is 12.0. The van der Waals surface area contributed by atoms with Crippen LogP contribution >= 0.6 is 0 Å². The fourth-order valence-electron chi connectivity index (χ4n) is 3.00. The molecule has 0 aliphatic carbocycles. The standard InChI is InChI=1S/C22H36O11S/c23-34(24,25)22-20-2-1-3-21(22)19-33-17-15-31-13-11-29-9-7-27-5-4-26-6-8-28-10-12-30-14-16-32-18-20/h1-3H,4-19H2,(H,23,24,25). The summed E-state index contributed by atoms with van der Waals surface area (Å²) >= 11 is 0. The molecule has 12 heteroatoms. The van der Waals surface area contributed by atoms with Gasteiger partial charge < -0.3 is 37.9 Å². The molecule has 1 N–H and O–H groups in total. The topological polar surface area (TPSA) is 128 Å². The highest BCUT2D eigenvalue weighted by atomic mass is 32.2. The van der Waals surface area contributed by atoms with Crippen LogP contribution in [0.4, 0.5) is 0 Å². The largest absolute Gasteiger partial charge is 0.377 e. The molecule has 0 fully saturated rings. The molecule has 196 valence electrons. The Morgan fingerprint density at radius 1 is 0.500 bits per heavy atom. The molecular formula is C22H36O11S. The molecule has 1 heterocycles. The van der Waals surface area contributed by atoms with Crippen LogP contribution in [0.1, 0.15) is 11.1 Å². The smallest absolute Gasteiger partial charge is 0.295 e. The quantitative estimate of drug-likeness (QED) is 0.547. The highest BCUT2D eigenvalue weighted by Gasteiger charge is 2.20. The lowest BCUT2D eigenvalue weighted by Gasteiger charge is -2.13. The second-order valence-corrected chi connectivity index (χ2v) is 8.52. The summed E-state index contributed by atoms with van der Waals surface area (Å²) in [5.41, 5.74) is 0.698. The number of fused-ring (bicyclic) bond motifs is 2. The lowest BCUT2D eigenvalue weighted by Crippen LogP contribution is -2.14. The molecule has 1 aromatic rings. The first kappa shape index (κ1) is 29.0. The van der Waals surface area contributed by atoms with Crippen LogP contribution < -0.4 is 0 Å². The highest BCUT2D eigenvalue weighted by Crippen LogP contribution is 2.22. The van der Waals surface area contributed by atoms with Crippen LogP contribution in [0.5, 0.6) is 0 Å². The fraction of sp³-hybridized carbons (Fsp3) is 0.727. The Morgan fingerprint density at radius 2 is 0.765 bits per heavy atom. The van der Waals surface area contributed by atoms with Crippen molar-refractivity contribution in [1.29, 1.82) is 0 Å². The minimum atomic E-state index is -4.46.